The number of carbonyl (C=O) groups excluding carboxylic acids is 1. The largest absolute Gasteiger partial charge is 0.508 e. The first-order valence-electron chi connectivity index (χ1n) is 9.88. The van der Waals surface area contributed by atoms with Crippen molar-refractivity contribution in [2.75, 3.05) is 0 Å². The monoisotopic (exact) mass is 352 g/mol. The standard InChI is InChI=1S/C24H32O2/c1-18(2)7-4-8-19(3)9-5-10-20-13-15-21(16-14-20)24(26)22-11-6-12-23(25)17-22/h6,11-19,25H,4-5,7-10H2,1-3H3/t19-/m1/s1. The number of benzene rings is 2. The van der Waals surface area contributed by atoms with Crippen LogP contribution < -0.4 is 0 Å². The Hall–Kier alpha value is -2.09. The molecule has 0 saturated carbocycles. The van der Waals surface area contributed by atoms with E-state index in [0.29, 0.717) is 11.1 Å². The molecule has 2 aromatic carbocycles. The first-order valence-corrected chi connectivity index (χ1v) is 9.88. The summed E-state index contributed by atoms with van der Waals surface area (Å²) in [6, 6.07) is 14.4. The fourth-order valence-corrected chi connectivity index (χ4v) is 3.31. The molecular formula is C24H32O2. The van der Waals surface area contributed by atoms with Crippen molar-refractivity contribution in [2.45, 2.75) is 59.3 Å². The lowest BCUT2D eigenvalue weighted by Crippen LogP contribution is -2.01. The van der Waals surface area contributed by atoms with Crippen molar-refractivity contribution in [2.24, 2.45) is 11.8 Å². The van der Waals surface area contributed by atoms with Crippen molar-refractivity contribution in [3.8, 4) is 5.75 Å². The summed E-state index contributed by atoms with van der Waals surface area (Å²) in [5, 5.41) is 9.52. The molecule has 0 bridgehead atoms. The van der Waals surface area contributed by atoms with E-state index in [1.165, 1.54) is 43.7 Å². The molecule has 1 atom stereocenters. The van der Waals surface area contributed by atoms with Crippen LogP contribution in [-0.4, -0.2) is 10.9 Å². The molecule has 0 aromatic heterocycles. The lowest BCUT2D eigenvalue weighted by atomic mass is 9.94. The van der Waals surface area contributed by atoms with Crippen LogP contribution >= 0.6 is 0 Å². The van der Waals surface area contributed by atoms with Crippen molar-refractivity contribution >= 4 is 5.78 Å². The van der Waals surface area contributed by atoms with E-state index in [-0.39, 0.29) is 11.5 Å². The second-order valence-corrected chi connectivity index (χ2v) is 7.90. The van der Waals surface area contributed by atoms with E-state index in [1.54, 1.807) is 18.2 Å². The maximum Gasteiger partial charge on any atom is 0.193 e. The second-order valence-electron chi connectivity index (χ2n) is 7.90. The molecule has 0 aliphatic carbocycles. The highest BCUT2D eigenvalue weighted by molar-refractivity contribution is 6.09. The summed E-state index contributed by atoms with van der Waals surface area (Å²) in [5.74, 6) is 1.67. The van der Waals surface area contributed by atoms with Gasteiger partial charge in [-0.05, 0) is 42.4 Å². The molecular weight excluding hydrogens is 320 g/mol. The summed E-state index contributed by atoms with van der Waals surface area (Å²) in [7, 11) is 0. The third kappa shape index (κ3) is 6.67. The van der Waals surface area contributed by atoms with Crippen molar-refractivity contribution < 1.29 is 9.90 Å². The zero-order valence-electron chi connectivity index (χ0n) is 16.4. The van der Waals surface area contributed by atoms with Gasteiger partial charge >= 0.3 is 0 Å². The number of ketones is 1. The highest BCUT2D eigenvalue weighted by Gasteiger charge is 2.10. The van der Waals surface area contributed by atoms with Gasteiger partial charge in [0, 0.05) is 11.1 Å². The van der Waals surface area contributed by atoms with Crippen LogP contribution in [0.15, 0.2) is 48.5 Å². The molecule has 0 radical (unpaired) electrons. The number of phenols is 1. The Morgan fingerprint density at radius 1 is 0.885 bits per heavy atom. The highest BCUT2D eigenvalue weighted by Crippen LogP contribution is 2.19. The number of aryl methyl sites for hydroxylation is 1. The van der Waals surface area contributed by atoms with Crippen LogP contribution in [0.5, 0.6) is 5.75 Å². The average molecular weight is 353 g/mol. The summed E-state index contributed by atoms with van der Waals surface area (Å²) < 4.78 is 0. The highest BCUT2D eigenvalue weighted by atomic mass is 16.3. The van der Waals surface area contributed by atoms with E-state index in [9.17, 15) is 9.90 Å². The Kier molecular flexibility index (Phi) is 7.90. The van der Waals surface area contributed by atoms with Gasteiger partial charge in [-0.25, -0.2) is 0 Å². The van der Waals surface area contributed by atoms with Crippen molar-refractivity contribution in [3.05, 3.63) is 65.2 Å². The van der Waals surface area contributed by atoms with E-state index in [1.807, 2.05) is 12.1 Å². The molecule has 26 heavy (non-hydrogen) atoms. The van der Waals surface area contributed by atoms with Gasteiger partial charge in [0.25, 0.3) is 0 Å². The van der Waals surface area contributed by atoms with Gasteiger partial charge in [-0.3, -0.25) is 4.79 Å². The first-order chi connectivity index (χ1) is 12.5. The maximum absolute atomic E-state index is 12.5. The molecule has 0 aliphatic rings. The Balaban J connectivity index is 1.79. The first kappa shape index (κ1) is 20.2. The lowest BCUT2D eigenvalue weighted by Gasteiger charge is -2.12. The molecule has 0 aliphatic heterocycles. The third-order valence-electron chi connectivity index (χ3n) is 4.97. The molecule has 0 unspecified atom stereocenters. The molecule has 2 aromatic rings. The van der Waals surface area contributed by atoms with Crippen molar-refractivity contribution in [1.82, 2.24) is 0 Å². The lowest BCUT2D eigenvalue weighted by molar-refractivity contribution is 0.103. The summed E-state index contributed by atoms with van der Waals surface area (Å²) in [5.41, 5.74) is 2.47. The fourth-order valence-electron chi connectivity index (χ4n) is 3.31. The van der Waals surface area contributed by atoms with E-state index < -0.39 is 0 Å². The molecule has 0 heterocycles. The summed E-state index contributed by atoms with van der Waals surface area (Å²) >= 11 is 0. The fraction of sp³-hybridized carbons (Fsp3) is 0.458. The van der Waals surface area contributed by atoms with Crippen molar-refractivity contribution in [3.63, 3.8) is 0 Å². The molecule has 1 N–H and O–H groups in total. The number of aromatic hydroxyl groups is 1. The van der Waals surface area contributed by atoms with Gasteiger partial charge in [0.1, 0.15) is 5.75 Å². The Labute approximate surface area is 158 Å². The van der Waals surface area contributed by atoms with Gasteiger partial charge < -0.3 is 5.11 Å². The molecule has 2 nitrogen and oxygen atoms in total. The quantitative estimate of drug-likeness (QED) is 0.502. The topological polar surface area (TPSA) is 37.3 Å². The van der Waals surface area contributed by atoms with Gasteiger partial charge in [-0.1, -0.05) is 82.9 Å². The molecule has 140 valence electrons. The van der Waals surface area contributed by atoms with E-state index in [4.69, 9.17) is 0 Å². The summed E-state index contributed by atoms with van der Waals surface area (Å²) in [4.78, 5) is 12.5. The zero-order valence-corrected chi connectivity index (χ0v) is 16.4. The van der Waals surface area contributed by atoms with Crippen LogP contribution in [0.2, 0.25) is 0 Å². The third-order valence-corrected chi connectivity index (χ3v) is 4.97. The minimum Gasteiger partial charge on any atom is -0.508 e. The van der Waals surface area contributed by atoms with E-state index >= 15 is 0 Å². The van der Waals surface area contributed by atoms with Gasteiger partial charge in [-0.2, -0.15) is 0 Å². The predicted molar refractivity (Wildman–Crippen MR) is 109 cm³/mol. The molecule has 0 amide bonds. The number of carbonyl (C=O) groups is 1. The normalized spacial score (nSPS) is 12.3. The number of hydrogen-bond donors (Lipinski definition) is 1. The summed E-state index contributed by atoms with van der Waals surface area (Å²) in [6.07, 6.45) is 7.53. The molecule has 0 saturated heterocycles. The minimum absolute atomic E-state index is 0.0498. The van der Waals surface area contributed by atoms with Gasteiger partial charge in [0.15, 0.2) is 5.78 Å². The molecule has 0 fully saturated rings. The van der Waals surface area contributed by atoms with Crippen LogP contribution in [0, 0.1) is 11.8 Å². The maximum atomic E-state index is 12.5. The van der Waals surface area contributed by atoms with Gasteiger partial charge in [-0.15, -0.1) is 0 Å². The second kappa shape index (κ2) is 10.2. The molecule has 0 spiro atoms. The van der Waals surface area contributed by atoms with Crippen LogP contribution in [0.25, 0.3) is 0 Å². The smallest absolute Gasteiger partial charge is 0.193 e. The Morgan fingerprint density at radius 3 is 2.23 bits per heavy atom. The van der Waals surface area contributed by atoms with Gasteiger partial charge in [0.05, 0.1) is 0 Å². The Bertz CT molecular complexity index is 686. The van der Waals surface area contributed by atoms with Crippen LogP contribution in [0.4, 0.5) is 0 Å². The molecule has 2 rings (SSSR count). The average Bonchev–Trinajstić information content (AvgIpc) is 2.61. The van der Waals surface area contributed by atoms with Crippen LogP contribution in [0.1, 0.15) is 74.4 Å². The number of phenolic OH excluding ortho intramolecular Hbond substituents is 1. The van der Waals surface area contributed by atoms with Crippen LogP contribution in [0.3, 0.4) is 0 Å². The van der Waals surface area contributed by atoms with E-state index in [2.05, 4.69) is 32.9 Å². The summed E-state index contributed by atoms with van der Waals surface area (Å²) in [6.45, 7) is 6.94. The predicted octanol–water partition coefficient (Wildman–Crippen LogP) is 6.41. The van der Waals surface area contributed by atoms with Gasteiger partial charge in [0.2, 0.25) is 0 Å². The SMILES string of the molecule is CC(C)CCC[C@@H](C)CCCc1ccc(C(=O)c2cccc(O)c2)cc1. The molecule has 2 heteroatoms. The Morgan fingerprint density at radius 2 is 1.58 bits per heavy atom. The number of rotatable bonds is 10. The zero-order chi connectivity index (χ0) is 18.9. The van der Waals surface area contributed by atoms with E-state index in [0.717, 1.165) is 18.3 Å². The number of hydrogen-bond acceptors (Lipinski definition) is 2. The van der Waals surface area contributed by atoms with Crippen molar-refractivity contribution in [1.29, 1.82) is 0 Å². The minimum atomic E-state index is -0.0498. The van der Waals surface area contributed by atoms with Crippen LogP contribution in [-0.2, 0) is 6.42 Å².